The maximum atomic E-state index is 12.6. The molecule has 0 aromatic heterocycles. The number of hydrogen-bond acceptors (Lipinski definition) is 4. The number of rotatable bonds is 6. The zero-order valence-corrected chi connectivity index (χ0v) is 17.0. The summed E-state index contributed by atoms with van der Waals surface area (Å²) in [6.07, 6.45) is 0.809. The van der Waals surface area contributed by atoms with Crippen LogP contribution in [0, 0.1) is 0 Å². The number of ether oxygens (including phenoxy) is 1. The average molecular weight is 423 g/mol. The Morgan fingerprint density at radius 3 is 2.17 bits per heavy atom. The molecule has 4 rings (SSSR count). The minimum atomic E-state index is -3.35. The predicted molar refractivity (Wildman–Crippen MR) is 116 cm³/mol. The number of nitrogens with one attached hydrogen (secondary N) is 2. The van der Waals surface area contributed by atoms with E-state index in [9.17, 15) is 13.2 Å². The van der Waals surface area contributed by atoms with Gasteiger partial charge in [-0.05, 0) is 49.2 Å². The Hall–Kier alpha value is -3.32. The standard InChI is InChI=1S/C23H22N2O4S/c26-23(24-17-8-7-11-20(14-17)29-19-9-3-1-4-10-19)25-18-15-22(16-18)30(27,28)21-12-5-2-6-13-21/h1-14,18,22H,15-16H2,(H2,24,25,26). The number of urea groups is 1. The van der Waals surface area contributed by atoms with E-state index in [-0.39, 0.29) is 12.1 Å². The molecule has 0 atom stereocenters. The molecule has 1 aliphatic carbocycles. The second-order valence-corrected chi connectivity index (χ2v) is 9.42. The van der Waals surface area contributed by atoms with Crippen molar-refractivity contribution in [2.24, 2.45) is 0 Å². The molecule has 30 heavy (non-hydrogen) atoms. The average Bonchev–Trinajstić information content (AvgIpc) is 2.72. The predicted octanol–water partition coefficient (Wildman–Crippen LogP) is 4.61. The smallest absolute Gasteiger partial charge is 0.319 e. The molecule has 0 heterocycles. The number of para-hydroxylation sites is 1. The summed E-state index contributed by atoms with van der Waals surface area (Å²) in [7, 11) is -3.35. The van der Waals surface area contributed by atoms with E-state index in [1.165, 1.54) is 0 Å². The van der Waals surface area contributed by atoms with Crippen molar-refractivity contribution in [1.29, 1.82) is 0 Å². The number of carbonyl (C=O) groups excluding carboxylic acids is 1. The molecule has 0 unspecified atom stereocenters. The summed E-state index contributed by atoms with van der Waals surface area (Å²) in [5, 5.41) is 5.14. The lowest BCUT2D eigenvalue weighted by Gasteiger charge is -2.35. The molecular weight excluding hydrogens is 400 g/mol. The third kappa shape index (κ3) is 4.63. The molecule has 0 saturated heterocycles. The monoisotopic (exact) mass is 422 g/mol. The van der Waals surface area contributed by atoms with Crippen molar-refractivity contribution in [3.63, 3.8) is 0 Å². The molecule has 0 aliphatic heterocycles. The molecule has 1 saturated carbocycles. The van der Waals surface area contributed by atoms with Gasteiger partial charge in [-0.2, -0.15) is 0 Å². The Kier molecular flexibility index (Phi) is 5.72. The van der Waals surface area contributed by atoms with E-state index in [2.05, 4.69) is 10.6 Å². The molecular formula is C23H22N2O4S. The van der Waals surface area contributed by atoms with Crippen LogP contribution in [0.5, 0.6) is 11.5 Å². The van der Waals surface area contributed by atoms with Gasteiger partial charge in [-0.3, -0.25) is 0 Å². The van der Waals surface area contributed by atoms with Gasteiger partial charge in [0.2, 0.25) is 0 Å². The quantitative estimate of drug-likeness (QED) is 0.608. The van der Waals surface area contributed by atoms with Crippen LogP contribution in [-0.2, 0) is 9.84 Å². The molecule has 1 aliphatic rings. The Morgan fingerprint density at radius 1 is 0.833 bits per heavy atom. The van der Waals surface area contributed by atoms with Gasteiger partial charge in [-0.25, -0.2) is 13.2 Å². The Balaban J connectivity index is 1.29. The fourth-order valence-electron chi connectivity index (χ4n) is 3.35. The van der Waals surface area contributed by atoms with E-state index in [1.54, 1.807) is 54.6 Å². The van der Waals surface area contributed by atoms with Gasteiger partial charge in [0.25, 0.3) is 0 Å². The molecule has 7 heteroatoms. The van der Waals surface area contributed by atoms with Crippen molar-refractivity contribution in [2.75, 3.05) is 5.32 Å². The third-order valence-corrected chi connectivity index (χ3v) is 7.20. The van der Waals surface area contributed by atoms with E-state index >= 15 is 0 Å². The van der Waals surface area contributed by atoms with Gasteiger partial charge >= 0.3 is 6.03 Å². The van der Waals surface area contributed by atoms with Crippen molar-refractivity contribution in [3.05, 3.63) is 84.9 Å². The number of amides is 2. The van der Waals surface area contributed by atoms with Gasteiger partial charge < -0.3 is 15.4 Å². The molecule has 0 spiro atoms. The number of carbonyl (C=O) groups is 1. The highest BCUT2D eigenvalue weighted by molar-refractivity contribution is 7.92. The van der Waals surface area contributed by atoms with Gasteiger partial charge in [-0.1, -0.05) is 42.5 Å². The Bertz CT molecular complexity index is 1110. The number of sulfone groups is 1. The molecule has 3 aromatic carbocycles. The van der Waals surface area contributed by atoms with Crippen LogP contribution < -0.4 is 15.4 Å². The first-order valence-corrected chi connectivity index (χ1v) is 11.2. The fraction of sp³-hybridized carbons (Fsp3) is 0.174. The van der Waals surface area contributed by atoms with Crippen molar-refractivity contribution < 1.29 is 17.9 Å². The largest absolute Gasteiger partial charge is 0.457 e. The van der Waals surface area contributed by atoms with Crippen molar-refractivity contribution in [2.45, 2.75) is 29.0 Å². The molecule has 154 valence electrons. The molecule has 1 fully saturated rings. The molecule has 0 radical (unpaired) electrons. The lowest BCUT2D eigenvalue weighted by Crippen LogP contribution is -2.50. The number of hydrogen-bond donors (Lipinski definition) is 2. The first kappa shape index (κ1) is 20.0. The van der Waals surface area contributed by atoms with Gasteiger partial charge in [0.1, 0.15) is 11.5 Å². The molecule has 2 amide bonds. The van der Waals surface area contributed by atoms with Gasteiger partial charge in [0.05, 0.1) is 10.1 Å². The van der Waals surface area contributed by atoms with Crippen molar-refractivity contribution in [3.8, 4) is 11.5 Å². The summed E-state index contributed by atoms with van der Waals surface area (Å²) in [5.41, 5.74) is 0.591. The lowest BCUT2D eigenvalue weighted by atomic mass is 9.92. The highest BCUT2D eigenvalue weighted by Gasteiger charge is 2.40. The third-order valence-electron chi connectivity index (χ3n) is 5.01. The maximum absolute atomic E-state index is 12.6. The van der Waals surface area contributed by atoms with Crippen LogP contribution in [0.2, 0.25) is 0 Å². The maximum Gasteiger partial charge on any atom is 0.319 e. The van der Waals surface area contributed by atoms with Gasteiger partial charge in [-0.15, -0.1) is 0 Å². The summed E-state index contributed by atoms with van der Waals surface area (Å²) in [4.78, 5) is 12.6. The number of benzene rings is 3. The summed E-state index contributed by atoms with van der Waals surface area (Å²) >= 11 is 0. The Morgan fingerprint density at radius 2 is 1.47 bits per heavy atom. The topological polar surface area (TPSA) is 84.5 Å². The SMILES string of the molecule is O=C(Nc1cccc(Oc2ccccc2)c1)NC1CC(S(=O)(=O)c2ccccc2)C1. The fourth-order valence-corrected chi connectivity index (χ4v) is 5.25. The van der Waals surface area contributed by atoms with Crippen LogP contribution in [0.4, 0.5) is 10.5 Å². The molecule has 2 N–H and O–H groups in total. The molecule has 6 nitrogen and oxygen atoms in total. The summed E-state index contributed by atoms with van der Waals surface area (Å²) in [5.74, 6) is 1.32. The summed E-state index contributed by atoms with van der Waals surface area (Å²) in [6, 6.07) is 24.4. The van der Waals surface area contributed by atoms with Crippen LogP contribution in [0.25, 0.3) is 0 Å². The second-order valence-electron chi connectivity index (χ2n) is 7.19. The summed E-state index contributed by atoms with van der Waals surface area (Å²) < 4.78 is 30.9. The zero-order valence-electron chi connectivity index (χ0n) is 16.2. The Labute approximate surface area is 175 Å². The first-order valence-electron chi connectivity index (χ1n) is 9.70. The summed E-state index contributed by atoms with van der Waals surface area (Å²) in [6.45, 7) is 0. The van der Waals surface area contributed by atoms with Crippen LogP contribution >= 0.6 is 0 Å². The van der Waals surface area contributed by atoms with Crippen LogP contribution in [0.1, 0.15) is 12.8 Å². The van der Waals surface area contributed by atoms with E-state index in [1.807, 2.05) is 30.3 Å². The van der Waals surface area contributed by atoms with Crippen LogP contribution in [0.15, 0.2) is 89.8 Å². The minimum Gasteiger partial charge on any atom is -0.457 e. The minimum absolute atomic E-state index is 0.169. The highest BCUT2D eigenvalue weighted by atomic mass is 32.2. The van der Waals surface area contributed by atoms with E-state index < -0.39 is 15.1 Å². The van der Waals surface area contributed by atoms with Gasteiger partial charge in [0, 0.05) is 17.8 Å². The normalized spacial score (nSPS) is 18.1. The zero-order chi connectivity index (χ0) is 21.0. The second kappa shape index (κ2) is 8.59. The lowest BCUT2D eigenvalue weighted by molar-refractivity contribution is 0.240. The van der Waals surface area contributed by atoms with Crippen molar-refractivity contribution >= 4 is 21.6 Å². The number of anilines is 1. The molecule has 0 bridgehead atoms. The van der Waals surface area contributed by atoms with E-state index in [0.717, 1.165) is 0 Å². The first-order chi connectivity index (χ1) is 14.5. The molecule has 3 aromatic rings. The van der Waals surface area contributed by atoms with E-state index in [0.29, 0.717) is 34.9 Å². The van der Waals surface area contributed by atoms with Crippen molar-refractivity contribution in [1.82, 2.24) is 5.32 Å². The van der Waals surface area contributed by atoms with Gasteiger partial charge in [0.15, 0.2) is 9.84 Å². The van der Waals surface area contributed by atoms with Crippen LogP contribution in [0.3, 0.4) is 0 Å². The van der Waals surface area contributed by atoms with Crippen LogP contribution in [-0.4, -0.2) is 25.7 Å². The van der Waals surface area contributed by atoms with E-state index in [4.69, 9.17) is 4.74 Å². The highest BCUT2D eigenvalue weighted by Crippen LogP contribution is 2.31.